The second-order valence-corrected chi connectivity index (χ2v) is 5.12. The molecule has 1 aromatic rings. The summed E-state index contributed by atoms with van der Waals surface area (Å²) in [5.41, 5.74) is 6.74. The Morgan fingerprint density at radius 2 is 2.00 bits per heavy atom. The molecule has 1 aliphatic heterocycles. The van der Waals surface area contributed by atoms with E-state index in [-0.39, 0.29) is 5.91 Å². The molecule has 1 aliphatic rings. The minimum absolute atomic E-state index is 0.183. The van der Waals surface area contributed by atoms with E-state index < -0.39 is 0 Å². The molecular formula is C15H23N3O2. The third-order valence-electron chi connectivity index (χ3n) is 3.57. The highest BCUT2D eigenvalue weighted by atomic mass is 16.5. The van der Waals surface area contributed by atoms with E-state index in [1.165, 1.54) is 5.56 Å². The topological polar surface area (TPSA) is 58.8 Å². The van der Waals surface area contributed by atoms with Crippen molar-refractivity contribution in [1.82, 2.24) is 9.80 Å². The molecule has 0 saturated carbocycles. The second-order valence-electron chi connectivity index (χ2n) is 5.12. The molecule has 5 nitrogen and oxygen atoms in total. The Labute approximate surface area is 120 Å². The molecular weight excluding hydrogens is 254 g/mol. The number of carbonyl (C=O) groups is 1. The average molecular weight is 277 g/mol. The smallest absolute Gasteiger partial charge is 0.236 e. The Balaban J connectivity index is 1.71. The van der Waals surface area contributed by atoms with Crippen molar-refractivity contribution in [3.05, 3.63) is 29.8 Å². The van der Waals surface area contributed by atoms with Gasteiger partial charge in [-0.25, -0.2) is 0 Å². The minimum Gasteiger partial charge on any atom is -0.492 e. The van der Waals surface area contributed by atoms with Crippen LogP contribution in [0.15, 0.2) is 24.3 Å². The van der Waals surface area contributed by atoms with Gasteiger partial charge in [-0.3, -0.25) is 9.69 Å². The van der Waals surface area contributed by atoms with Gasteiger partial charge in [-0.1, -0.05) is 12.1 Å². The molecule has 1 heterocycles. The summed E-state index contributed by atoms with van der Waals surface area (Å²) in [7, 11) is 1.85. The fourth-order valence-electron chi connectivity index (χ4n) is 2.21. The first kappa shape index (κ1) is 14.8. The molecule has 0 atom stereocenters. The summed E-state index contributed by atoms with van der Waals surface area (Å²) in [6, 6.07) is 8.03. The quantitative estimate of drug-likeness (QED) is 0.814. The van der Waals surface area contributed by atoms with Crippen molar-refractivity contribution in [3.8, 4) is 5.75 Å². The third kappa shape index (κ3) is 4.21. The Kier molecular flexibility index (Phi) is 5.38. The zero-order chi connectivity index (χ0) is 14.4. The highest BCUT2D eigenvalue weighted by molar-refractivity contribution is 5.78. The lowest BCUT2D eigenvalue weighted by Gasteiger charge is -2.31. The predicted molar refractivity (Wildman–Crippen MR) is 78.8 cm³/mol. The number of hydrogen-bond donors (Lipinski definition) is 1. The lowest BCUT2D eigenvalue weighted by molar-refractivity contribution is -0.134. The van der Waals surface area contributed by atoms with E-state index in [9.17, 15) is 4.79 Å². The van der Waals surface area contributed by atoms with Gasteiger partial charge in [0, 0.05) is 26.7 Å². The van der Waals surface area contributed by atoms with Crippen molar-refractivity contribution in [2.24, 2.45) is 5.73 Å². The van der Waals surface area contributed by atoms with Crippen molar-refractivity contribution in [1.29, 1.82) is 0 Å². The number of nitrogens with zero attached hydrogens (tertiary/aromatic N) is 2. The van der Waals surface area contributed by atoms with Crippen LogP contribution in [0.5, 0.6) is 5.75 Å². The highest BCUT2D eigenvalue weighted by Gasteiger charge is 2.20. The van der Waals surface area contributed by atoms with Gasteiger partial charge in [-0.05, 0) is 30.7 Å². The number of likely N-dealkylation sites (N-methyl/N-ethyl adjacent to an activating group) is 1. The van der Waals surface area contributed by atoms with E-state index in [4.69, 9.17) is 10.5 Å². The lowest BCUT2D eigenvalue weighted by atomic mass is 10.1. The Bertz CT molecular complexity index is 433. The van der Waals surface area contributed by atoms with Crippen molar-refractivity contribution in [3.63, 3.8) is 0 Å². The molecule has 1 aromatic carbocycles. The number of hydrogen-bond acceptors (Lipinski definition) is 4. The normalized spacial score (nSPS) is 16.5. The summed E-state index contributed by atoms with van der Waals surface area (Å²) in [6.45, 7) is 4.26. The first-order valence-electron chi connectivity index (χ1n) is 7.07. The van der Waals surface area contributed by atoms with Crippen LogP contribution in [0.3, 0.4) is 0 Å². The molecule has 0 bridgehead atoms. The number of amides is 1. The maximum Gasteiger partial charge on any atom is 0.236 e. The Hall–Kier alpha value is -1.59. The van der Waals surface area contributed by atoms with Crippen molar-refractivity contribution in [2.45, 2.75) is 6.42 Å². The van der Waals surface area contributed by atoms with Gasteiger partial charge in [-0.2, -0.15) is 0 Å². The third-order valence-corrected chi connectivity index (χ3v) is 3.57. The first-order valence-corrected chi connectivity index (χ1v) is 7.07. The Morgan fingerprint density at radius 1 is 1.25 bits per heavy atom. The van der Waals surface area contributed by atoms with E-state index in [2.05, 4.69) is 4.90 Å². The van der Waals surface area contributed by atoms with Crippen LogP contribution in [0.2, 0.25) is 0 Å². The van der Waals surface area contributed by atoms with Crippen LogP contribution in [-0.4, -0.2) is 62.1 Å². The van der Waals surface area contributed by atoms with Crippen molar-refractivity contribution in [2.75, 3.05) is 46.4 Å². The zero-order valence-electron chi connectivity index (χ0n) is 12.0. The molecule has 0 radical (unpaired) electrons. The van der Waals surface area contributed by atoms with E-state index in [1.54, 1.807) is 4.90 Å². The minimum atomic E-state index is 0.183. The van der Waals surface area contributed by atoms with Gasteiger partial charge in [0.25, 0.3) is 0 Å². The maximum atomic E-state index is 11.6. The van der Waals surface area contributed by atoms with Crippen LogP contribution >= 0.6 is 0 Å². The van der Waals surface area contributed by atoms with E-state index in [1.807, 2.05) is 31.3 Å². The fourth-order valence-corrected chi connectivity index (χ4v) is 2.21. The van der Waals surface area contributed by atoms with E-state index >= 15 is 0 Å². The molecule has 0 unspecified atom stereocenters. The van der Waals surface area contributed by atoms with Gasteiger partial charge in [0.2, 0.25) is 5.91 Å². The molecule has 1 fully saturated rings. The van der Waals surface area contributed by atoms with Crippen molar-refractivity contribution < 1.29 is 9.53 Å². The zero-order valence-corrected chi connectivity index (χ0v) is 12.0. The van der Waals surface area contributed by atoms with Crippen LogP contribution in [-0.2, 0) is 11.2 Å². The molecule has 5 heteroatoms. The van der Waals surface area contributed by atoms with Gasteiger partial charge < -0.3 is 15.4 Å². The van der Waals surface area contributed by atoms with Crippen molar-refractivity contribution >= 4 is 5.91 Å². The van der Waals surface area contributed by atoms with Gasteiger partial charge in [0.05, 0.1) is 6.54 Å². The van der Waals surface area contributed by atoms with Crippen LogP contribution in [0.4, 0.5) is 0 Å². The van der Waals surface area contributed by atoms with E-state index in [0.717, 1.165) is 31.8 Å². The summed E-state index contributed by atoms with van der Waals surface area (Å²) in [5.74, 6) is 1.05. The molecule has 0 aromatic heterocycles. The average Bonchev–Trinajstić information content (AvgIpc) is 2.45. The number of carbonyl (C=O) groups excluding carboxylic acids is 1. The molecule has 1 saturated heterocycles. The predicted octanol–water partition coefficient (Wildman–Crippen LogP) is 0.341. The SMILES string of the molecule is CN1CCN(CCOc2ccc(CCN)cc2)CC1=O. The number of rotatable bonds is 6. The number of piperazine rings is 1. The molecule has 1 amide bonds. The number of benzene rings is 1. The summed E-state index contributed by atoms with van der Waals surface area (Å²) in [6.07, 6.45) is 0.893. The summed E-state index contributed by atoms with van der Waals surface area (Å²) in [4.78, 5) is 15.5. The molecule has 20 heavy (non-hydrogen) atoms. The number of ether oxygens (including phenoxy) is 1. The van der Waals surface area contributed by atoms with Crippen LogP contribution in [0.25, 0.3) is 0 Å². The first-order chi connectivity index (χ1) is 9.69. The molecule has 2 N–H and O–H groups in total. The molecule has 2 rings (SSSR count). The van der Waals surface area contributed by atoms with Crippen LogP contribution in [0, 0.1) is 0 Å². The largest absolute Gasteiger partial charge is 0.492 e. The summed E-state index contributed by atoms with van der Waals surface area (Å²) in [5, 5.41) is 0. The maximum absolute atomic E-state index is 11.6. The molecule has 0 spiro atoms. The van der Waals surface area contributed by atoms with Crippen LogP contribution in [0.1, 0.15) is 5.56 Å². The fraction of sp³-hybridized carbons (Fsp3) is 0.533. The van der Waals surface area contributed by atoms with Gasteiger partial charge in [-0.15, -0.1) is 0 Å². The van der Waals surface area contributed by atoms with Gasteiger partial charge in [0.1, 0.15) is 12.4 Å². The number of nitrogens with two attached hydrogens (primary N) is 1. The van der Waals surface area contributed by atoms with Gasteiger partial charge >= 0.3 is 0 Å². The van der Waals surface area contributed by atoms with Gasteiger partial charge in [0.15, 0.2) is 0 Å². The monoisotopic (exact) mass is 277 g/mol. The Morgan fingerprint density at radius 3 is 2.65 bits per heavy atom. The summed E-state index contributed by atoms with van der Waals surface area (Å²) < 4.78 is 5.71. The second kappa shape index (κ2) is 7.26. The highest BCUT2D eigenvalue weighted by Crippen LogP contribution is 2.12. The molecule has 0 aliphatic carbocycles. The van der Waals surface area contributed by atoms with Crippen LogP contribution < -0.4 is 10.5 Å². The van der Waals surface area contributed by atoms with E-state index in [0.29, 0.717) is 19.7 Å². The standard InChI is InChI=1S/C15H23N3O2/c1-17-8-9-18(12-15(17)19)10-11-20-14-4-2-13(3-5-14)6-7-16/h2-5H,6-12,16H2,1H3. The summed E-state index contributed by atoms with van der Waals surface area (Å²) >= 11 is 0. The lowest BCUT2D eigenvalue weighted by Crippen LogP contribution is -2.49. The molecule has 110 valence electrons.